The van der Waals surface area contributed by atoms with E-state index in [9.17, 15) is 4.79 Å². The van der Waals surface area contributed by atoms with Gasteiger partial charge in [0.15, 0.2) is 3.95 Å². The summed E-state index contributed by atoms with van der Waals surface area (Å²) in [7, 11) is 1.87. The molecule has 8 heteroatoms. The monoisotopic (exact) mass is 393 g/mol. The van der Waals surface area contributed by atoms with Gasteiger partial charge in [-0.05, 0) is 64.2 Å². The summed E-state index contributed by atoms with van der Waals surface area (Å²) in [5.41, 5.74) is 2.04. The predicted molar refractivity (Wildman–Crippen MR) is 111 cm³/mol. The average molecular weight is 394 g/mol. The van der Waals surface area contributed by atoms with Gasteiger partial charge < -0.3 is 10.6 Å². The number of carbonyl (C=O) groups excluding carboxylic acids is 1. The highest BCUT2D eigenvalue weighted by atomic mass is 32.1. The number of carbonyl (C=O) groups is 1. The van der Waals surface area contributed by atoms with Gasteiger partial charge in [-0.25, -0.2) is 4.68 Å². The van der Waals surface area contributed by atoms with Crippen LogP contribution in [-0.4, -0.2) is 39.7 Å². The van der Waals surface area contributed by atoms with Crippen LogP contribution in [0, 0.1) is 3.95 Å². The number of rotatable bonds is 7. The normalized spacial score (nSPS) is 11.6. The molecule has 26 heavy (non-hydrogen) atoms. The van der Waals surface area contributed by atoms with Crippen LogP contribution in [0.1, 0.15) is 33.3 Å². The lowest BCUT2D eigenvalue weighted by Crippen LogP contribution is -2.45. The van der Waals surface area contributed by atoms with Crippen molar-refractivity contribution in [1.29, 1.82) is 0 Å². The molecule has 1 aromatic heterocycles. The minimum atomic E-state index is -0.237. The zero-order chi connectivity index (χ0) is 19.3. The molecule has 0 saturated carbocycles. The van der Waals surface area contributed by atoms with E-state index in [1.807, 2.05) is 44.9 Å². The van der Waals surface area contributed by atoms with Gasteiger partial charge in [0.05, 0.1) is 13.2 Å². The van der Waals surface area contributed by atoms with E-state index in [4.69, 9.17) is 12.2 Å². The van der Waals surface area contributed by atoms with Gasteiger partial charge in [-0.3, -0.25) is 9.69 Å². The zero-order valence-corrected chi connectivity index (χ0v) is 17.6. The van der Waals surface area contributed by atoms with E-state index < -0.39 is 0 Å². The van der Waals surface area contributed by atoms with Crippen LogP contribution >= 0.6 is 23.6 Å². The molecule has 2 N–H and O–H groups in total. The Hall–Kier alpha value is -1.77. The Morgan fingerprint density at radius 2 is 1.96 bits per heavy atom. The Bertz CT molecular complexity index is 789. The molecule has 0 spiro atoms. The van der Waals surface area contributed by atoms with Crippen LogP contribution in [0.4, 0.5) is 10.8 Å². The molecule has 1 amide bonds. The molecule has 0 unspecified atom stereocenters. The molecule has 2 aromatic rings. The lowest BCUT2D eigenvalue weighted by Gasteiger charge is -2.23. The van der Waals surface area contributed by atoms with E-state index >= 15 is 0 Å². The Kier molecular flexibility index (Phi) is 6.91. The Morgan fingerprint density at radius 3 is 2.54 bits per heavy atom. The van der Waals surface area contributed by atoms with E-state index in [1.165, 1.54) is 16.9 Å². The maximum atomic E-state index is 12.0. The summed E-state index contributed by atoms with van der Waals surface area (Å²) in [6.45, 7) is 8.78. The van der Waals surface area contributed by atoms with Crippen molar-refractivity contribution >= 4 is 40.3 Å². The van der Waals surface area contributed by atoms with Crippen molar-refractivity contribution < 1.29 is 4.79 Å². The molecule has 2 rings (SSSR count). The first-order chi connectivity index (χ1) is 12.2. The van der Waals surface area contributed by atoms with Crippen molar-refractivity contribution in [2.75, 3.05) is 18.9 Å². The van der Waals surface area contributed by atoms with Gasteiger partial charge in [0.1, 0.15) is 0 Å². The summed E-state index contributed by atoms with van der Waals surface area (Å²) in [4.78, 5) is 13.9. The summed E-state index contributed by atoms with van der Waals surface area (Å²) in [5.74, 6) is -0.0175. The number of anilines is 2. The quantitative estimate of drug-likeness (QED) is 0.701. The van der Waals surface area contributed by atoms with Crippen LogP contribution < -0.4 is 10.6 Å². The van der Waals surface area contributed by atoms with E-state index in [1.54, 1.807) is 4.68 Å². The highest BCUT2D eigenvalue weighted by molar-refractivity contribution is 7.73. The van der Waals surface area contributed by atoms with Crippen LogP contribution in [-0.2, 0) is 17.9 Å². The lowest BCUT2D eigenvalue weighted by molar-refractivity contribution is -0.123. The Morgan fingerprint density at radius 1 is 1.31 bits per heavy atom. The number of likely N-dealkylation sites (N-methyl/N-ethyl adjacent to an activating group) is 1. The second kappa shape index (κ2) is 8.75. The molecule has 6 nitrogen and oxygen atoms in total. The van der Waals surface area contributed by atoms with Crippen LogP contribution in [0.5, 0.6) is 0 Å². The number of aryl methyl sites for hydroxylation is 1. The van der Waals surface area contributed by atoms with Gasteiger partial charge in [-0.1, -0.05) is 30.4 Å². The maximum absolute atomic E-state index is 12.0. The SMILES string of the molecule is CCc1ccc(Nc2nn(CN(C)CC(=O)NC(C)(C)C)c(=S)s2)cc1. The standard InChI is InChI=1S/C18H27N5OS2/c1-6-13-7-9-14(10-8-13)19-16-21-23(17(25)26-16)12-22(5)11-15(24)20-18(2,3)4/h7-10H,6,11-12H2,1-5H3,(H,19,21)(H,20,24). The fourth-order valence-corrected chi connectivity index (χ4v) is 3.39. The smallest absolute Gasteiger partial charge is 0.234 e. The molecule has 0 radical (unpaired) electrons. The van der Waals surface area contributed by atoms with Gasteiger partial charge in [-0.15, -0.1) is 5.10 Å². The largest absolute Gasteiger partial charge is 0.350 e. The summed E-state index contributed by atoms with van der Waals surface area (Å²) in [6.07, 6.45) is 1.02. The van der Waals surface area contributed by atoms with Crippen molar-refractivity contribution in [3.8, 4) is 0 Å². The van der Waals surface area contributed by atoms with Crippen LogP contribution in [0.3, 0.4) is 0 Å². The number of hydrogen-bond donors (Lipinski definition) is 2. The molecule has 0 aliphatic heterocycles. The molecular weight excluding hydrogens is 366 g/mol. The van der Waals surface area contributed by atoms with Gasteiger partial charge >= 0.3 is 0 Å². The van der Waals surface area contributed by atoms with Crippen molar-refractivity contribution in [2.45, 2.75) is 46.3 Å². The van der Waals surface area contributed by atoms with E-state index in [0.29, 0.717) is 10.6 Å². The molecule has 1 aromatic carbocycles. The third-order valence-corrected chi connectivity index (χ3v) is 4.75. The Balaban J connectivity index is 1.96. The van der Waals surface area contributed by atoms with Crippen LogP contribution in [0.2, 0.25) is 0 Å². The maximum Gasteiger partial charge on any atom is 0.234 e. The van der Waals surface area contributed by atoms with Crippen molar-refractivity contribution in [2.24, 2.45) is 0 Å². The third kappa shape index (κ3) is 6.51. The highest BCUT2D eigenvalue weighted by Gasteiger charge is 2.15. The Labute approximate surface area is 164 Å². The first-order valence-corrected chi connectivity index (χ1v) is 9.82. The van der Waals surface area contributed by atoms with E-state index in [-0.39, 0.29) is 18.0 Å². The number of amides is 1. The third-order valence-electron chi connectivity index (χ3n) is 3.52. The number of benzene rings is 1. The molecule has 0 atom stereocenters. The van der Waals surface area contributed by atoms with Crippen molar-refractivity contribution in [3.63, 3.8) is 0 Å². The van der Waals surface area contributed by atoms with E-state index in [2.05, 4.69) is 34.8 Å². The van der Waals surface area contributed by atoms with Gasteiger partial charge in [0.2, 0.25) is 11.0 Å². The predicted octanol–water partition coefficient (Wildman–Crippen LogP) is 3.78. The fourth-order valence-electron chi connectivity index (χ4n) is 2.38. The molecule has 1 heterocycles. The highest BCUT2D eigenvalue weighted by Crippen LogP contribution is 2.21. The summed E-state index contributed by atoms with van der Waals surface area (Å²) >= 11 is 6.82. The number of hydrogen-bond acceptors (Lipinski definition) is 6. The molecule has 142 valence electrons. The van der Waals surface area contributed by atoms with E-state index in [0.717, 1.165) is 17.2 Å². The molecule has 0 saturated heterocycles. The lowest BCUT2D eigenvalue weighted by atomic mass is 10.1. The van der Waals surface area contributed by atoms with Crippen molar-refractivity contribution in [1.82, 2.24) is 20.0 Å². The molecule has 0 aliphatic rings. The summed E-state index contributed by atoms with van der Waals surface area (Å²) in [6, 6.07) is 8.27. The minimum Gasteiger partial charge on any atom is -0.350 e. The fraction of sp³-hybridized carbons (Fsp3) is 0.500. The van der Waals surface area contributed by atoms with Gasteiger partial charge in [0, 0.05) is 11.2 Å². The van der Waals surface area contributed by atoms with Gasteiger partial charge in [-0.2, -0.15) is 0 Å². The molecule has 0 fully saturated rings. The number of nitrogens with one attached hydrogen (secondary N) is 2. The van der Waals surface area contributed by atoms with Gasteiger partial charge in [0.25, 0.3) is 0 Å². The minimum absolute atomic E-state index is 0.0175. The molecule has 0 aliphatic carbocycles. The first-order valence-electron chi connectivity index (χ1n) is 8.60. The van der Waals surface area contributed by atoms with Crippen LogP contribution in [0.25, 0.3) is 0 Å². The number of aromatic nitrogens is 2. The van der Waals surface area contributed by atoms with Crippen LogP contribution in [0.15, 0.2) is 24.3 Å². The first kappa shape index (κ1) is 20.5. The second-order valence-corrected chi connectivity index (χ2v) is 8.92. The van der Waals surface area contributed by atoms with Crippen molar-refractivity contribution in [3.05, 3.63) is 33.8 Å². The zero-order valence-electron chi connectivity index (χ0n) is 16.0. The second-order valence-electron chi connectivity index (χ2n) is 7.30. The molecule has 0 bridgehead atoms. The molecular formula is C18H27N5OS2. The number of nitrogens with zero attached hydrogens (tertiary/aromatic N) is 3. The topological polar surface area (TPSA) is 62.2 Å². The average Bonchev–Trinajstić information content (AvgIpc) is 2.85. The summed E-state index contributed by atoms with van der Waals surface area (Å²) < 4.78 is 2.40. The summed E-state index contributed by atoms with van der Waals surface area (Å²) in [5, 5.41) is 11.5.